The van der Waals surface area contributed by atoms with Crippen molar-refractivity contribution in [2.75, 3.05) is 11.9 Å². The van der Waals surface area contributed by atoms with Gasteiger partial charge in [-0.25, -0.2) is 4.79 Å². The molecule has 148 valence electrons. The summed E-state index contributed by atoms with van der Waals surface area (Å²) in [6.07, 6.45) is 0. The molecule has 0 bridgehead atoms. The summed E-state index contributed by atoms with van der Waals surface area (Å²) in [7, 11) is 0. The Morgan fingerprint density at radius 1 is 0.897 bits per heavy atom. The molecule has 3 aromatic rings. The van der Waals surface area contributed by atoms with Crippen molar-refractivity contribution in [2.24, 2.45) is 0 Å². The van der Waals surface area contributed by atoms with Gasteiger partial charge in [-0.2, -0.15) is 0 Å². The molecule has 1 N–H and O–H groups in total. The van der Waals surface area contributed by atoms with Crippen molar-refractivity contribution in [3.63, 3.8) is 0 Å². The van der Waals surface area contributed by atoms with Crippen LogP contribution in [0.5, 0.6) is 11.5 Å². The smallest absolute Gasteiger partial charge is 0.349 e. The maximum absolute atomic E-state index is 12.3. The van der Waals surface area contributed by atoms with Crippen LogP contribution in [0.3, 0.4) is 0 Å². The first-order valence-electron chi connectivity index (χ1n) is 8.99. The largest absolute Gasteiger partial charge is 0.481 e. The summed E-state index contributed by atoms with van der Waals surface area (Å²) in [5.41, 5.74) is 2.98. The van der Waals surface area contributed by atoms with Gasteiger partial charge in [-0.05, 0) is 73.5 Å². The number of para-hydroxylation sites is 1. The summed E-state index contributed by atoms with van der Waals surface area (Å²) in [4.78, 5) is 24.3. The predicted molar refractivity (Wildman–Crippen MR) is 113 cm³/mol. The van der Waals surface area contributed by atoms with E-state index in [0.717, 1.165) is 11.1 Å². The van der Waals surface area contributed by atoms with Crippen molar-refractivity contribution in [3.05, 3.63) is 88.4 Å². The Morgan fingerprint density at radius 3 is 2.14 bits per heavy atom. The first-order valence-corrected chi connectivity index (χ1v) is 9.37. The summed E-state index contributed by atoms with van der Waals surface area (Å²) < 4.78 is 10.9. The van der Waals surface area contributed by atoms with Gasteiger partial charge in [0, 0.05) is 16.3 Å². The molecule has 1 amide bonds. The van der Waals surface area contributed by atoms with Crippen molar-refractivity contribution < 1.29 is 19.1 Å². The Kier molecular flexibility index (Phi) is 6.52. The summed E-state index contributed by atoms with van der Waals surface area (Å²) in [6.45, 7) is 3.63. The van der Waals surface area contributed by atoms with Crippen LogP contribution in [0, 0.1) is 13.8 Å². The zero-order valence-electron chi connectivity index (χ0n) is 16.1. The van der Waals surface area contributed by atoms with Crippen LogP contribution >= 0.6 is 11.6 Å². The highest BCUT2D eigenvalue weighted by atomic mass is 35.5. The average Bonchev–Trinajstić information content (AvgIpc) is 2.70. The van der Waals surface area contributed by atoms with Crippen molar-refractivity contribution in [2.45, 2.75) is 13.8 Å². The van der Waals surface area contributed by atoms with Gasteiger partial charge in [0.05, 0.1) is 0 Å². The molecule has 3 rings (SSSR count). The highest BCUT2D eigenvalue weighted by Crippen LogP contribution is 2.22. The van der Waals surface area contributed by atoms with Gasteiger partial charge in [-0.1, -0.05) is 29.8 Å². The number of nitrogens with one attached hydrogen (secondary N) is 1. The minimum Gasteiger partial charge on any atom is -0.481 e. The third kappa shape index (κ3) is 5.59. The van der Waals surface area contributed by atoms with E-state index in [1.165, 1.54) is 0 Å². The van der Waals surface area contributed by atoms with E-state index in [1.807, 2.05) is 32.0 Å². The lowest BCUT2D eigenvalue weighted by atomic mass is 10.1. The van der Waals surface area contributed by atoms with E-state index in [9.17, 15) is 9.59 Å². The highest BCUT2D eigenvalue weighted by Gasteiger charge is 2.11. The minimum absolute atomic E-state index is 0.204. The topological polar surface area (TPSA) is 64.6 Å². The monoisotopic (exact) mass is 409 g/mol. The first-order chi connectivity index (χ1) is 13.9. The standard InChI is InChI=1S/C23H20ClNO4/c1-15-4-3-5-16(2)22(15)28-14-21(26)29-20-12-6-17(7-13-20)23(27)25-19-10-8-18(24)9-11-19/h3-13H,14H2,1-2H3,(H,25,27). The third-order valence-electron chi connectivity index (χ3n) is 4.19. The number of esters is 1. The molecular formula is C23H20ClNO4. The quantitative estimate of drug-likeness (QED) is 0.449. The normalized spacial score (nSPS) is 10.3. The van der Waals surface area contributed by atoms with E-state index in [0.29, 0.717) is 27.8 Å². The Balaban J connectivity index is 1.55. The second-order valence-electron chi connectivity index (χ2n) is 6.47. The van der Waals surface area contributed by atoms with Crippen molar-refractivity contribution >= 4 is 29.2 Å². The van der Waals surface area contributed by atoms with E-state index in [1.54, 1.807) is 48.5 Å². The van der Waals surface area contributed by atoms with Crippen LogP contribution in [-0.2, 0) is 4.79 Å². The zero-order chi connectivity index (χ0) is 20.8. The number of aryl methyl sites for hydroxylation is 2. The predicted octanol–water partition coefficient (Wildman–Crippen LogP) is 5.19. The molecule has 0 heterocycles. The molecule has 5 nitrogen and oxygen atoms in total. The number of rotatable bonds is 6. The minimum atomic E-state index is -0.522. The molecule has 0 spiro atoms. The lowest BCUT2D eigenvalue weighted by Crippen LogP contribution is -2.18. The van der Waals surface area contributed by atoms with Gasteiger partial charge in [0.1, 0.15) is 11.5 Å². The fourth-order valence-electron chi connectivity index (χ4n) is 2.73. The summed E-state index contributed by atoms with van der Waals surface area (Å²) >= 11 is 5.83. The van der Waals surface area contributed by atoms with Gasteiger partial charge in [0.25, 0.3) is 5.91 Å². The molecule has 29 heavy (non-hydrogen) atoms. The third-order valence-corrected chi connectivity index (χ3v) is 4.45. The molecule has 0 atom stereocenters. The highest BCUT2D eigenvalue weighted by molar-refractivity contribution is 6.30. The molecule has 6 heteroatoms. The lowest BCUT2D eigenvalue weighted by Gasteiger charge is -2.11. The van der Waals surface area contributed by atoms with Gasteiger partial charge in [0.15, 0.2) is 6.61 Å². The SMILES string of the molecule is Cc1cccc(C)c1OCC(=O)Oc1ccc(C(=O)Nc2ccc(Cl)cc2)cc1. The first kappa shape index (κ1) is 20.4. The van der Waals surface area contributed by atoms with Gasteiger partial charge in [0.2, 0.25) is 0 Å². The van der Waals surface area contributed by atoms with Crippen LogP contribution in [0.4, 0.5) is 5.69 Å². The molecule has 0 aliphatic heterocycles. The van der Waals surface area contributed by atoms with Crippen LogP contribution in [-0.4, -0.2) is 18.5 Å². The number of carbonyl (C=O) groups excluding carboxylic acids is 2. The van der Waals surface area contributed by atoms with E-state index >= 15 is 0 Å². The van der Waals surface area contributed by atoms with Crippen LogP contribution in [0.25, 0.3) is 0 Å². The maximum atomic E-state index is 12.3. The van der Waals surface area contributed by atoms with Crippen LogP contribution in [0.2, 0.25) is 5.02 Å². The lowest BCUT2D eigenvalue weighted by molar-refractivity contribution is -0.136. The number of halogens is 1. The molecule has 0 radical (unpaired) electrons. The van der Waals surface area contributed by atoms with E-state index in [-0.39, 0.29) is 12.5 Å². The summed E-state index contributed by atoms with van der Waals surface area (Å²) in [6, 6.07) is 18.9. The van der Waals surface area contributed by atoms with Crippen LogP contribution in [0.15, 0.2) is 66.7 Å². The summed E-state index contributed by atoms with van der Waals surface area (Å²) in [5.74, 6) is 0.219. The number of amides is 1. The second kappa shape index (κ2) is 9.26. The van der Waals surface area contributed by atoms with Gasteiger partial charge in [-0.3, -0.25) is 4.79 Å². The summed E-state index contributed by atoms with van der Waals surface area (Å²) in [5, 5.41) is 3.36. The molecule has 0 aliphatic carbocycles. The second-order valence-corrected chi connectivity index (χ2v) is 6.91. The maximum Gasteiger partial charge on any atom is 0.349 e. The molecule has 0 saturated heterocycles. The molecule has 0 unspecified atom stereocenters. The number of anilines is 1. The fourth-order valence-corrected chi connectivity index (χ4v) is 2.86. The van der Waals surface area contributed by atoms with Crippen molar-refractivity contribution in [1.29, 1.82) is 0 Å². The van der Waals surface area contributed by atoms with Gasteiger partial charge in [-0.15, -0.1) is 0 Å². The number of ether oxygens (including phenoxy) is 2. The zero-order valence-corrected chi connectivity index (χ0v) is 16.8. The number of hydrogen-bond acceptors (Lipinski definition) is 4. The van der Waals surface area contributed by atoms with Gasteiger partial charge < -0.3 is 14.8 Å². The average molecular weight is 410 g/mol. The number of benzene rings is 3. The molecular weight excluding hydrogens is 390 g/mol. The van der Waals surface area contributed by atoms with E-state index in [2.05, 4.69) is 5.32 Å². The van der Waals surface area contributed by atoms with Crippen LogP contribution in [0.1, 0.15) is 21.5 Å². The molecule has 0 fully saturated rings. The fraction of sp³-hybridized carbons (Fsp3) is 0.130. The Bertz CT molecular complexity index is 994. The Morgan fingerprint density at radius 2 is 1.52 bits per heavy atom. The molecule has 0 saturated carbocycles. The molecule has 0 aliphatic rings. The number of hydrogen-bond donors (Lipinski definition) is 1. The van der Waals surface area contributed by atoms with Crippen LogP contribution < -0.4 is 14.8 Å². The van der Waals surface area contributed by atoms with Crippen molar-refractivity contribution in [3.8, 4) is 11.5 Å². The van der Waals surface area contributed by atoms with Gasteiger partial charge >= 0.3 is 5.97 Å². The van der Waals surface area contributed by atoms with E-state index < -0.39 is 5.97 Å². The Labute approximate surface area is 174 Å². The van der Waals surface area contributed by atoms with E-state index in [4.69, 9.17) is 21.1 Å². The number of carbonyl (C=O) groups is 2. The molecule has 3 aromatic carbocycles. The molecule has 0 aromatic heterocycles. The Hall–Kier alpha value is -3.31. The van der Waals surface area contributed by atoms with Crippen molar-refractivity contribution in [1.82, 2.24) is 0 Å².